The Morgan fingerprint density at radius 2 is 1.94 bits per heavy atom. The summed E-state index contributed by atoms with van der Waals surface area (Å²) in [6, 6.07) is -0.864. The van der Waals surface area contributed by atoms with Crippen LogP contribution < -0.4 is 0 Å². The Hall–Kier alpha value is -2.19. The van der Waals surface area contributed by atoms with Gasteiger partial charge in [-0.1, -0.05) is 32.9 Å². The number of fused-ring (bicyclic) bond motifs is 1. The quantitative estimate of drug-likeness (QED) is 0.249. The maximum atomic E-state index is 14.4. The van der Waals surface area contributed by atoms with Gasteiger partial charge in [0.15, 0.2) is 0 Å². The fourth-order valence-corrected chi connectivity index (χ4v) is 6.83. The van der Waals surface area contributed by atoms with E-state index in [0.29, 0.717) is 32.2 Å². The number of hydrogen-bond donors (Lipinski definition) is 1. The molecule has 0 aromatic rings. The van der Waals surface area contributed by atoms with Crippen LogP contribution in [0, 0.1) is 17.3 Å². The summed E-state index contributed by atoms with van der Waals surface area (Å²) in [4.78, 5) is 44.7. The van der Waals surface area contributed by atoms with Crippen molar-refractivity contribution >= 4 is 17.8 Å². The second kappa shape index (κ2) is 10.7. The fourth-order valence-electron chi connectivity index (χ4n) is 6.83. The lowest BCUT2D eigenvalue weighted by molar-refractivity contribution is -0.156. The SMILES string of the molecule is C=CCCOC(=O)[C@@H]1[C@@H]2CCC3(O2)C(C(=O)N(CC=C)C(C)(C)CC(C)(C)C)N(CCCO)C(=O)[C@H]13. The van der Waals surface area contributed by atoms with Crippen LogP contribution in [0.3, 0.4) is 0 Å². The molecule has 0 aromatic heterocycles. The van der Waals surface area contributed by atoms with Crippen molar-refractivity contribution in [1.82, 2.24) is 9.80 Å². The minimum atomic E-state index is -1.08. The van der Waals surface area contributed by atoms with Crippen molar-refractivity contribution in [1.29, 1.82) is 0 Å². The van der Waals surface area contributed by atoms with Crippen LogP contribution in [-0.4, -0.2) is 82.3 Å². The lowest BCUT2D eigenvalue weighted by Crippen LogP contribution is -2.61. The summed E-state index contributed by atoms with van der Waals surface area (Å²) in [7, 11) is 0. The van der Waals surface area contributed by atoms with Gasteiger partial charge in [-0.25, -0.2) is 0 Å². The highest BCUT2D eigenvalue weighted by Gasteiger charge is 2.75. The van der Waals surface area contributed by atoms with Crippen LogP contribution in [0.1, 0.15) is 66.7 Å². The standard InChI is InChI=1S/C28H44N2O6/c1-8-10-17-35-25(34)20-19-12-13-28(36-19)21(20)23(32)29(15-11-16-31)22(28)24(33)30(14-9-2)27(6,7)18-26(3,4)5/h8-9,19-22,31H,1-2,10-18H2,3-7H3/t19-,20+,21-,22?,28?/m0/s1. The van der Waals surface area contributed by atoms with Gasteiger partial charge in [-0.3, -0.25) is 14.4 Å². The zero-order valence-corrected chi connectivity index (χ0v) is 22.6. The van der Waals surface area contributed by atoms with E-state index in [1.54, 1.807) is 22.0 Å². The first kappa shape index (κ1) is 28.4. The molecule has 3 heterocycles. The number of nitrogens with zero attached hydrogens (tertiary/aromatic N) is 2. The van der Waals surface area contributed by atoms with Gasteiger partial charge in [0.2, 0.25) is 11.8 Å². The molecule has 1 spiro atoms. The van der Waals surface area contributed by atoms with E-state index in [0.717, 1.165) is 6.42 Å². The molecular formula is C28H44N2O6. The molecule has 5 atom stereocenters. The van der Waals surface area contributed by atoms with Crippen LogP contribution in [0.4, 0.5) is 0 Å². The number of hydrogen-bond acceptors (Lipinski definition) is 6. The van der Waals surface area contributed by atoms with Crippen LogP contribution in [-0.2, 0) is 23.9 Å². The number of ether oxygens (including phenoxy) is 2. The predicted octanol–water partition coefficient (Wildman–Crippen LogP) is 3.09. The van der Waals surface area contributed by atoms with Gasteiger partial charge >= 0.3 is 5.97 Å². The summed E-state index contributed by atoms with van der Waals surface area (Å²) in [5.41, 5.74) is -1.62. The molecule has 2 bridgehead atoms. The Morgan fingerprint density at radius 1 is 1.25 bits per heavy atom. The van der Waals surface area contributed by atoms with E-state index in [9.17, 15) is 19.5 Å². The van der Waals surface area contributed by atoms with E-state index in [1.807, 2.05) is 13.8 Å². The molecule has 0 saturated carbocycles. The molecule has 8 heteroatoms. The molecule has 0 aliphatic carbocycles. The lowest BCUT2D eigenvalue weighted by atomic mass is 9.70. The number of carbonyl (C=O) groups is 3. The van der Waals surface area contributed by atoms with E-state index < -0.39 is 41.1 Å². The number of rotatable bonds is 12. The molecule has 3 fully saturated rings. The van der Waals surface area contributed by atoms with Crippen molar-refractivity contribution in [2.45, 2.75) is 90.0 Å². The average Bonchev–Trinajstić information content (AvgIpc) is 3.41. The fraction of sp³-hybridized carbons (Fsp3) is 0.750. The largest absolute Gasteiger partial charge is 0.465 e. The maximum Gasteiger partial charge on any atom is 0.312 e. The summed E-state index contributed by atoms with van der Waals surface area (Å²) >= 11 is 0. The van der Waals surface area contributed by atoms with E-state index in [-0.39, 0.29) is 37.0 Å². The molecule has 1 N–H and O–H groups in total. The normalized spacial score (nSPS) is 29.3. The van der Waals surface area contributed by atoms with E-state index >= 15 is 0 Å². The van der Waals surface area contributed by atoms with Crippen molar-refractivity contribution in [2.75, 3.05) is 26.3 Å². The highest BCUT2D eigenvalue weighted by molar-refractivity contribution is 5.98. The Balaban J connectivity index is 2.01. The molecule has 3 aliphatic heterocycles. The van der Waals surface area contributed by atoms with Crippen LogP contribution in [0.5, 0.6) is 0 Å². The number of likely N-dealkylation sites (tertiary alicyclic amines) is 1. The van der Waals surface area contributed by atoms with Crippen LogP contribution in [0.25, 0.3) is 0 Å². The molecule has 3 rings (SSSR count). The Morgan fingerprint density at radius 3 is 2.53 bits per heavy atom. The second-order valence-electron chi connectivity index (χ2n) is 12.2. The number of carbonyl (C=O) groups excluding carboxylic acids is 3. The number of esters is 1. The van der Waals surface area contributed by atoms with Gasteiger partial charge in [-0.05, 0) is 51.4 Å². The zero-order chi connectivity index (χ0) is 26.9. The monoisotopic (exact) mass is 504 g/mol. The third-order valence-electron chi connectivity index (χ3n) is 7.70. The number of aliphatic hydroxyl groups excluding tert-OH is 1. The molecule has 0 radical (unpaired) electrons. The third kappa shape index (κ3) is 5.12. The summed E-state index contributed by atoms with van der Waals surface area (Å²) in [5.74, 6) is -2.41. The topological polar surface area (TPSA) is 96.4 Å². The molecule has 3 saturated heterocycles. The molecule has 202 valence electrons. The smallest absolute Gasteiger partial charge is 0.312 e. The van der Waals surface area contributed by atoms with Gasteiger partial charge in [0.05, 0.1) is 24.5 Å². The van der Waals surface area contributed by atoms with Crippen molar-refractivity contribution in [3.05, 3.63) is 25.3 Å². The lowest BCUT2D eigenvalue weighted by Gasteiger charge is -2.45. The van der Waals surface area contributed by atoms with Crippen molar-refractivity contribution in [3.8, 4) is 0 Å². The van der Waals surface area contributed by atoms with Gasteiger partial charge < -0.3 is 24.4 Å². The minimum Gasteiger partial charge on any atom is -0.465 e. The van der Waals surface area contributed by atoms with E-state index in [1.165, 1.54) is 0 Å². The first-order valence-electron chi connectivity index (χ1n) is 13.1. The molecule has 2 amide bonds. The van der Waals surface area contributed by atoms with E-state index in [2.05, 4.69) is 33.9 Å². The van der Waals surface area contributed by atoms with Gasteiger partial charge in [0.1, 0.15) is 11.6 Å². The molecular weight excluding hydrogens is 460 g/mol. The minimum absolute atomic E-state index is 0.0330. The average molecular weight is 505 g/mol. The van der Waals surface area contributed by atoms with Gasteiger partial charge in [0.25, 0.3) is 0 Å². The molecule has 3 aliphatic rings. The first-order chi connectivity index (χ1) is 16.8. The Kier molecular flexibility index (Phi) is 8.40. The summed E-state index contributed by atoms with van der Waals surface area (Å²) in [6.45, 7) is 18.7. The first-order valence-corrected chi connectivity index (χ1v) is 13.1. The summed E-state index contributed by atoms with van der Waals surface area (Å²) in [6.07, 6.45) is 5.66. The van der Waals surface area contributed by atoms with Gasteiger partial charge in [-0.15, -0.1) is 13.2 Å². The number of amides is 2. The van der Waals surface area contributed by atoms with E-state index in [4.69, 9.17) is 9.47 Å². The highest BCUT2D eigenvalue weighted by atomic mass is 16.6. The van der Waals surface area contributed by atoms with Crippen LogP contribution >= 0.6 is 0 Å². The molecule has 2 unspecified atom stereocenters. The van der Waals surface area contributed by atoms with Crippen LogP contribution in [0.2, 0.25) is 0 Å². The molecule has 36 heavy (non-hydrogen) atoms. The Labute approximate surface area is 215 Å². The molecule has 8 nitrogen and oxygen atoms in total. The van der Waals surface area contributed by atoms with Crippen molar-refractivity contribution in [3.63, 3.8) is 0 Å². The highest BCUT2D eigenvalue weighted by Crippen LogP contribution is 2.59. The summed E-state index contributed by atoms with van der Waals surface area (Å²) < 4.78 is 11.9. The molecule has 0 aromatic carbocycles. The zero-order valence-electron chi connectivity index (χ0n) is 22.6. The third-order valence-corrected chi connectivity index (χ3v) is 7.70. The second-order valence-corrected chi connectivity index (χ2v) is 12.2. The predicted molar refractivity (Wildman–Crippen MR) is 137 cm³/mol. The van der Waals surface area contributed by atoms with Gasteiger partial charge in [0, 0.05) is 25.2 Å². The van der Waals surface area contributed by atoms with Crippen molar-refractivity contribution in [2.24, 2.45) is 17.3 Å². The van der Waals surface area contributed by atoms with Gasteiger partial charge in [-0.2, -0.15) is 0 Å². The maximum absolute atomic E-state index is 14.4. The number of aliphatic hydroxyl groups is 1. The van der Waals surface area contributed by atoms with Crippen LogP contribution in [0.15, 0.2) is 25.3 Å². The summed E-state index contributed by atoms with van der Waals surface area (Å²) in [5, 5.41) is 9.52. The Bertz CT molecular complexity index is 878. The van der Waals surface area contributed by atoms with Crippen molar-refractivity contribution < 1.29 is 29.0 Å².